The average Bonchev–Trinajstić information content (AvgIpc) is 2.55. The minimum atomic E-state index is -3.72. The molecule has 1 rings (SSSR count). The molecular formula is C9H18N4O3S. The van der Waals surface area contributed by atoms with E-state index in [-0.39, 0.29) is 23.2 Å². The molecule has 0 aromatic carbocycles. The summed E-state index contributed by atoms with van der Waals surface area (Å²) in [7, 11) is -2.14. The lowest BCUT2D eigenvalue weighted by molar-refractivity contribution is 0.129. The largest absolute Gasteiger partial charge is 0.391 e. The van der Waals surface area contributed by atoms with E-state index in [1.54, 1.807) is 20.9 Å². The van der Waals surface area contributed by atoms with Gasteiger partial charge in [0.2, 0.25) is 10.0 Å². The van der Waals surface area contributed by atoms with Crippen LogP contribution in [0.4, 0.5) is 5.82 Å². The normalized spacial score (nSPS) is 14.2. The molecule has 0 aliphatic heterocycles. The van der Waals surface area contributed by atoms with Gasteiger partial charge in [-0.05, 0) is 5.92 Å². The number of aromatic nitrogens is 2. The van der Waals surface area contributed by atoms with E-state index in [1.807, 2.05) is 0 Å². The van der Waals surface area contributed by atoms with Gasteiger partial charge in [0, 0.05) is 19.8 Å². The van der Waals surface area contributed by atoms with Gasteiger partial charge in [0.1, 0.15) is 4.90 Å². The van der Waals surface area contributed by atoms with Gasteiger partial charge in [0.15, 0.2) is 5.82 Å². The Morgan fingerprint density at radius 2 is 2.18 bits per heavy atom. The van der Waals surface area contributed by atoms with Gasteiger partial charge in [-0.15, -0.1) is 0 Å². The summed E-state index contributed by atoms with van der Waals surface area (Å²) in [5.41, 5.74) is 5.48. The molecule has 0 aliphatic carbocycles. The van der Waals surface area contributed by atoms with E-state index in [4.69, 9.17) is 5.73 Å². The van der Waals surface area contributed by atoms with Crippen LogP contribution in [0.3, 0.4) is 0 Å². The van der Waals surface area contributed by atoms with E-state index in [9.17, 15) is 13.5 Å². The molecule has 1 unspecified atom stereocenters. The molecule has 0 saturated heterocycles. The Kier molecular flexibility index (Phi) is 4.12. The third kappa shape index (κ3) is 3.42. The van der Waals surface area contributed by atoms with Crippen molar-refractivity contribution in [3.63, 3.8) is 0 Å². The number of aliphatic hydroxyl groups excluding tert-OH is 1. The highest BCUT2D eigenvalue weighted by Crippen LogP contribution is 2.15. The van der Waals surface area contributed by atoms with E-state index >= 15 is 0 Å². The van der Waals surface area contributed by atoms with Gasteiger partial charge >= 0.3 is 0 Å². The third-order valence-electron chi connectivity index (χ3n) is 2.36. The molecular weight excluding hydrogens is 244 g/mol. The molecule has 0 radical (unpaired) electrons. The Balaban J connectivity index is 2.80. The van der Waals surface area contributed by atoms with Crippen molar-refractivity contribution >= 4 is 15.8 Å². The van der Waals surface area contributed by atoms with Crippen LogP contribution >= 0.6 is 0 Å². The van der Waals surface area contributed by atoms with Crippen LogP contribution in [0.1, 0.15) is 13.8 Å². The molecule has 17 heavy (non-hydrogen) atoms. The Labute approximate surface area is 101 Å². The number of aliphatic hydroxyl groups is 1. The maximum absolute atomic E-state index is 11.8. The van der Waals surface area contributed by atoms with Gasteiger partial charge in [0.25, 0.3) is 0 Å². The SMILES string of the molecule is CC(C)C(O)CNS(=O)(=O)c1cn(C)nc1N. The average molecular weight is 262 g/mol. The molecule has 4 N–H and O–H groups in total. The molecule has 1 atom stereocenters. The van der Waals surface area contributed by atoms with E-state index in [1.165, 1.54) is 10.9 Å². The summed E-state index contributed by atoms with van der Waals surface area (Å²) < 4.78 is 27.3. The summed E-state index contributed by atoms with van der Waals surface area (Å²) in [6.45, 7) is 3.56. The highest BCUT2D eigenvalue weighted by Gasteiger charge is 2.22. The smallest absolute Gasteiger partial charge is 0.245 e. The molecule has 8 heteroatoms. The van der Waals surface area contributed by atoms with Crippen molar-refractivity contribution in [3.8, 4) is 0 Å². The maximum atomic E-state index is 11.8. The van der Waals surface area contributed by atoms with Gasteiger partial charge in [-0.3, -0.25) is 4.68 Å². The Bertz CT molecular complexity index is 480. The number of hydrogen-bond acceptors (Lipinski definition) is 5. The Hall–Kier alpha value is -1.12. The highest BCUT2D eigenvalue weighted by atomic mass is 32.2. The lowest BCUT2D eigenvalue weighted by Crippen LogP contribution is -2.34. The predicted molar refractivity (Wildman–Crippen MR) is 63.7 cm³/mol. The molecule has 0 fully saturated rings. The summed E-state index contributed by atoms with van der Waals surface area (Å²) in [5, 5.41) is 13.3. The molecule has 0 aliphatic rings. The number of nitrogens with two attached hydrogens (primary N) is 1. The van der Waals surface area contributed by atoms with Crippen molar-refractivity contribution in [2.45, 2.75) is 24.8 Å². The fourth-order valence-electron chi connectivity index (χ4n) is 1.20. The molecule has 0 saturated carbocycles. The van der Waals surface area contributed by atoms with Crippen LogP contribution in [-0.2, 0) is 17.1 Å². The number of sulfonamides is 1. The predicted octanol–water partition coefficient (Wildman–Crippen LogP) is -0.702. The summed E-state index contributed by atoms with van der Waals surface area (Å²) in [6, 6.07) is 0. The van der Waals surface area contributed by atoms with Crippen molar-refractivity contribution in [2.24, 2.45) is 13.0 Å². The van der Waals surface area contributed by atoms with Gasteiger partial charge in [-0.2, -0.15) is 5.10 Å². The first-order valence-corrected chi connectivity index (χ1v) is 6.69. The molecule has 1 aromatic heterocycles. The van der Waals surface area contributed by atoms with E-state index < -0.39 is 16.1 Å². The molecule has 98 valence electrons. The fourth-order valence-corrected chi connectivity index (χ4v) is 2.35. The van der Waals surface area contributed by atoms with Crippen molar-refractivity contribution in [1.29, 1.82) is 0 Å². The first kappa shape index (κ1) is 13.9. The third-order valence-corrected chi connectivity index (χ3v) is 3.80. The van der Waals surface area contributed by atoms with Crippen molar-refractivity contribution in [3.05, 3.63) is 6.20 Å². The zero-order valence-corrected chi connectivity index (χ0v) is 10.9. The van der Waals surface area contributed by atoms with Crippen molar-refractivity contribution in [2.75, 3.05) is 12.3 Å². The number of aryl methyl sites for hydroxylation is 1. The number of nitrogens with zero attached hydrogens (tertiary/aromatic N) is 2. The number of nitrogen functional groups attached to an aromatic ring is 1. The standard InChI is InChI=1S/C9H18N4O3S/c1-6(2)7(14)4-11-17(15,16)8-5-13(3)12-9(8)10/h5-7,11,14H,4H2,1-3H3,(H2,10,12). The topological polar surface area (TPSA) is 110 Å². The van der Waals surface area contributed by atoms with Crippen LogP contribution in [0.25, 0.3) is 0 Å². The number of rotatable bonds is 5. The monoisotopic (exact) mass is 262 g/mol. The van der Waals surface area contributed by atoms with Crippen LogP contribution < -0.4 is 10.5 Å². The number of nitrogens with one attached hydrogen (secondary N) is 1. The van der Waals surface area contributed by atoms with Gasteiger partial charge < -0.3 is 10.8 Å². The fraction of sp³-hybridized carbons (Fsp3) is 0.667. The second-order valence-electron chi connectivity index (χ2n) is 4.22. The van der Waals surface area contributed by atoms with Crippen molar-refractivity contribution in [1.82, 2.24) is 14.5 Å². The van der Waals surface area contributed by atoms with Crippen LogP contribution in [0.2, 0.25) is 0 Å². The minimum absolute atomic E-state index is 0.0241. The van der Waals surface area contributed by atoms with Crippen molar-refractivity contribution < 1.29 is 13.5 Å². The molecule has 1 heterocycles. The maximum Gasteiger partial charge on any atom is 0.245 e. The number of hydrogen-bond donors (Lipinski definition) is 3. The second-order valence-corrected chi connectivity index (χ2v) is 5.95. The van der Waals surface area contributed by atoms with Crippen LogP contribution in [-0.4, -0.2) is 36.0 Å². The van der Waals surface area contributed by atoms with Gasteiger partial charge in [0.05, 0.1) is 6.10 Å². The molecule has 1 aromatic rings. The second kappa shape index (κ2) is 5.03. The van der Waals surface area contributed by atoms with Crippen LogP contribution in [0.15, 0.2) is 11.1 Å². The molecule has 0 bridgehead atoms. The zero-order chi connectivity index (χ0) is 13.2. The van der Waals surface area contributed by atoms with Gasteiger partial charge in [-0.25, -0.2) is 13.1 Å². The van der Waals surface area contributed by atoms with Crippen LogP contribution in [0.5, 0.6) is 0 Å². The highest BCUT2D eigenvalue weighted by molar-refractivity contribution is 7.89. The zero-order valence-electron chi connectivity index (χ0n) is 10.1. The summed E-state index contributed by atoms with van der Waals surface area (Å²) in [6.07, 6.45) is 0.585. The summed E-state index contributed by atoms with van der Waals surface area (Å²) in [4.78, 5) is -0.0732. The van der Waals surface area contributed by atoms with Gasteiger partial charge in [-0.1, -0.05) is 13.8 Å². The molecule has 7 nitrogen and oxygen atoms in total. The Morgan fingerprint density at radius 3 is 2.59 bits per heavy atom. The Morgan fingerprint density at radius 1 is 1.59 bits per heavy atom. The minimum Gasteiger partial charge on any atom is -0.391 e. The van der Waals surface area contributed by atoms with E-state index in [0.717, 1.165) is 0 Å². The van der Waals surface area contributed by atoms with E-state index in [0.29, 0.717) is 0 Å². The first-order chi connectivity index (χ1) is 7.74. The summed E-state index contributed by atoms with van der Waals surface area (Å²) >= 11 is 0. The summed E-state index contributed by atoms with van der Waals surface area (Å²) in [5.74, 6) is -0.0806. The molecule has 0 amide bonds. The quantitative estimate of drug-likeness (QED) is 0.649. The number of anilines is 1. The molecule has 0 spiro atoms. The van der Waals surface area contributed by atoms with E-state index in [2.05, 4.69) is 9.82 Å². The first-order valence-electron chi connectivity index (χ1n) is 5.21. The van der Waals surface area contributed by atoms with Crippen LogP contribution in [0, 0.1) is 5.92 Å². The lowest BCUT2D eigenvalue weighted by Gasteiger charge is -2.14. The lowest BCUT2D eigenvalue weighted by atomic mass is 10.1.